The van der Waals surface area contributed by atoms with Gasteiger partial charge < -0.3 is 10.4 Å². The van der Waals surface area contributed by atoms with E-state index < -0.39 is 6.10 Å². The third kappa shape index (κ3) is 3.10. The van der Waals surface area contributed by atoms with Crippen molar-refractivity contribution in [2.24, 2.45) is 0 Å². The van der Waals surface area contributed by atoms with Crippen LogP contribution < -0.4 is 5.32 Å². The van der Waals surface area contributed by atoms with Crippen molar-refractivity contribution >= 4 is 16.7 Å². The molecule has 3 rings (SSSR count). The number of aromatic nitrogens is 2. The maximum absolute atomic E-state index is 12.2. The van der Waals surface area contributed by atoms with Crippen LogP contribution in [0.4, 0.5) is 0 Å². The van der Waals surface area contributed by atoms with E-state index in [1.54, 1.807) is 13.8 Å². The van der Waals surface area contributed by atoms with E-state index in [-0.39, 0.29) is 12.5 Å². The van der Waals surface area contributed by atoms with Crippen LogP contribution in [0.2, 0.25) is 0 Å². The largest absolute Gasteiger partial charge is 0.387 e. The monoisotopic (exact) mass is 309 g/mol. The average molecular weight is 309 g/mol. The molecule has 1 atom stereocenters. The number of hydrogen-bond donors (Lipinski definition) is 3. The van der Waals surface area contributed by atoms with Gasteiger partial charge in [-0.25, -0.2) is 0 Å². The topological polar surface area (TPSA) is 78.0 Å². The number of nitrogens with one attached hydrogen (secondary N) is 2. The molecular weight excluding hydrogens is 290 g/mol. The van der Waals surface area contributed by atoms with Crippen LogP contribution in [0.3, 0.4) is 0 Å². The summed E-state index contributed by atoms with van der Waals surface area (Å²) in [7, 11) is 0. The number of amides is 1. The van der Waals surface area contributed by atoms with Crippen LogP contribution in [0.25, 0.3) is 10.8 Å². The summed E-state index contributed by atoms with van der Waals surface area (Å²) in [6.07, 6.45) is -0.754. The molecule has 0 aliphatic heterocycles. The van der Waals surface area contributed by atoms with E-state index in [1.165, 1.54) is 0 Å². The van der Waals surface area contributed by atoms with Crippen molar-refractivity contribution in [1.29, 1.82) is 0 Å². The molecule has 0 aliphatic carbocycles. The van der Waals surface area contributed by atoms with Gasteiger partial charge in [-0.15, -0.1) is 0 Å². The number of nitrogens with zero attached hydrogens (tertiary/aromatic N) is 1. The Balaban J connectivity index is 1.71. The van der Waals surface area contributed by atoms with Gasteiger partial charge in [-0.2, -0.15) is 5.10 Å². The first kappa shape index (κ1) is 15.2. The molecule has 0 bridgehead atoms. The van der Waals surface area contributed by atoms with Gasteiger partial charge in [0, 0.05) is 12.2 Å². The van der Waals surface area contributed by atoms with Gasteiger partial charge in [0.2, 0.25) is 0 Å². The highest BCUT2D eigenvalue weighted by Crippen LogP contribution is 2.20. The van der Waals surface area contributed by atoms with Gasteiger partial charge in [-0.05, 0) is 36.2 Å². The van der Waals surface area contributed by atoms with Gasteiger partial charge in [0.25, 0.3) is 5.91 Å². The van der Waals surface area contributed by atoms with Crippen LogP contribution in [-0.2, 0) is 0 Å². The fraction of sp³-hybridized carbons (Fsp3) is 0.222. The Labute approximate surface area is 134 Å². The van der Waals surface area contributed by atoms with E-state index in [9.17, 15) is 9.90 Å². The summed E-state index contributed by atoms with van der Waals surface area (Å²) in [5, 5.41) is 22.1. The van der Waals surface area contributed by atoms with Gasteiger partial charge in [0.1, 0.15) is 0 Å². The van der Waals surface area contributed by atoms with E-state index >= 15 is 0 Å². The zero-order chi connectivity index (χ0) is 16.4. The number of aliphatic hydroxyl groups is 1. The number of benzene rings is 2. The van der Waals surface area contributed by atoms with E-state index in [1.807, 2.05) is 42.5 Å². The lowest BCUT2D eigenvalue weighted by atomic mass is 10.0. The summed E-state index contributed by atoms with van der Waals surface area (Å²) in [6, 6.07) is 13.8. The molecule has 3 aromatic rings. The number of aromatic amines is 1. The SMILES string of the molecule is Cc1n[nH]c(C)c1C(=O)NCC(O)c1ccc2ccccc2c1. The molecule has 5 heteroatoms. The molecule has 0 radical (unpaired) electrons. The number of carbonyl (C=O) groups is 1. The minimum Gasteiger partial charge on any atom is -0.387 e. The Hall–Kier alpha value is -2.66. The molecule has 118 valence electrons. The minimum atomic E-state index is -0.754. The second-order valence-corrected chi connectivity index (χ2v) is 5.64. The van der Waals surface area contributed by atoms with Gasteiger partial charge in [-0.1, -0.05) is 36.4 Å². The molecule has 2 aromatic carbocycles. The number of H-pyrrole nitrogens is 1. The number of rotatable bonds is 4. The predicted octanol–water partition coefficient (Wildman–Crippen LogP) is 2.64. The summed E-state index contributed by atoms with van der Waals surface area (Å²) in [4.78, 5) is 12.2. The van der Waals surface area contributed by atoms with Crippen molar-refractivity contribution in [3.8, 4) is 0 Å². The van der Waals surface area contributed by atoms with E-state index in [4.69, 9.17) is 0 Å². The van der Waals surface area contributed by atoms with Crippen LogP contribution in [0.15, 0.2) is 42.5 Å². The van der Waals surface area contributed by atoms with Crippen molar-refractivity contribution in [2.75, 3.05) is 6.54 Å². The van der Waals surface area contributed by atoms with Gasteiger partial charge in [0.05, 0.1) is 17.4 Å². The number of aliphatic hydroxyl groups excluding tert-OH is 1. The van der Waals surface area contributed by atoms with Gasteiger partial charge in [0.15, 0.2) is 0 Å². The highest BCUT2D eigenvalue weighted by atomic mass is 16.3. The quantitative estimate of drug-likeness (QED) is 0.693. The molecule has 3 N–H and O–H groups in total. The third-order valence-corrected chi connectivity index (χ3v) is 3.97. The Morgan fingerprint density at radius 3 is 2.65 bits per heavy atom. The van der Waals surface area contributed by atoms with Gasteiger partial charge >= 0.3 is 0 Å². The lowest BCUT2D eigenvalue weighted by Gasteiger charge is -2.13. The predicted molar refractivity (Wildman–Crippen MR) is 89.3 cm³/mol. The van der Waals surface area contributed by atoms with Crippen LogP contribution in [0.5, 0.6) is 0 Å². The summed E-state index contributed by atoms with van der Waals surface area (Å²) in [6.45, 7) is 3.73. The zero-order valence-corrected chi connectivity index (χ0v) is 13.1. The lowest BCUT2D eigenvalue weighted by molar-refractivity contribution is 0.0915. The van der Waals surface area contributed by atoms with E-state index in [0.717, 1.165) is 22.0 Å². The number of fused-ring (bicyclic) bond motifs is 1. The molecule has 5 nitrogen and oxygen atoms in total. The highest BCUT2D eigenvalue weighted by molar-refractivity contribution is 5.96. The fourth-order valence-electron chi connectivity index (χ4n) is 2.70. The Morgan fingerprint density at radius 2 is 1.96 bits per heavy atom. The number of carbonyl (C=O) groups excluding carboxylic acids is 1. The van der Waals surface area contributed by atoms with Crippen LogP contribution in [-0.4, -0.2) is 27.8 Å². The van der Waals surface area contributed by atoms with Crippen molar-refractivity contribution in [1.82, 2.24) is 15.5 Å². The second kappa shape index (κ2) is 6.22. The smallest absolute Gasteiger partial charge is 0.255 e. The molecule has 0 spiro atoms. The molecule has 0 saturated carbocycles. The summed E-state index contributed by atoms with van der Waals surface area (Å²) in [5.41, 5.74) is 2.70. The van der Waals surface area contributed by atoms with Crippen molar-refractivity contribution in [2.45, 2.75) is 20.0 Å². The fourth-order valence-corrected chi connectivity index (χ4v) is 2.70. The average Bonchev–Trinajstić information content (AvgIpc) is 2.90. The van der Waals surface area contributed by atoms with Crippen molar-refractivity contribution in [3.05, 3.63) is 65.0 Å². The third-order valence-electron chi connectivity index (χ3n) is 3.97. The van der Waals surface area contributed by atoms with Crippen LogP contribution in [0, 0.1) is 13.8 Å². The van der Waals surface area contributed by atoms with Crippen LogP contribution in [0.1, 0.15) is 33.4 Å². The summed E-state index contributed by atoms with van der Waals surface area (Å²) < 4.78 is 0. The molecular formula is C18H19N3O2. The van der Waals surface area contributed by atoms with Crippen molar-refractivity contribution < 1.29 is 9.90 Å². The minimum absolute atomic E-state index is 0.154. The maximum Gasteiger partial charge on any atom is 0.255 e. The van der Waals surface area contributed by atoms with Crippen LogP contribution >= 0.6 is 0 Å². The molecule has 0 saturated heterocycles. The zero-order valence-electron chi connectivity index (χ0n) is 13.1. The number of hydrogen-bond acceptors (Lipinski definition) is 3. The first-order valence-electron chi connectivity index (χ1n) is 7.53. The summed E-state index contributed by atoms with van der Waals surface area (Å²) in [5.74, 6) is -0.228. The Bertz CT molecular complexity index is 835. The van der Waals surface area contributed by atoms with Gasteiger partial charge in [-0.3, -0.25) is 9.89 Å². The van der Waals surface area contributed by atoms with Crippen molar-refractivity contribution in [3.63, 3.8) is 0 Å². The Kier molecular flexibility index (Phi) is 4.12. The second-order valence-electron chi connectivity index (χ2n) is 5.64. The standard InChI is InChI=1S/C18H19N3O2/c1-11-17(12(2)21-20-11)18(23)19-10-16(22)15-8-7-13-5-3-4-6-14(13)9-15/h3-9,16,22H,10H2,1-2H3,(H,19,23)(H,20,21). The maximum atomic E-state index is 12.2. The normalized spacial score (nSPS) is 12.3. The molecule has 0 aliphatic rings. The number of aryl methyl sites for hydroxylation is 2. The first-order valence-corrected chi connectivity index (χ1v) is 7.53. The highest BCUT2D eigenvalue weighted by Gasteiger charge is 2.16. The molecule has 1 aromatic heterocycles. The first-order chi connectivity index (χ1) is 11.1. The van der Waals surface area contributed by atoms with E-state index in [2.05, 4.69) is 15.5 Å². The van der Waals surface area contributed by atoms with E-state index in [0.29, 0.717) is 11.3 Å². The molecule has 23 heavy (non-hydrogen) atoms. The Morgan fingerprint density at radius 1 is 1.22 bits per heavy atom. The molecule has 0 fully saturated rings. The molecule has 1 heterocycles. The molecule has 1 unspecified atom stereocenters. The summed E-state index contributed by atoms with van der Waals surface area (Å²) >= 11 is 0. The lowest BCUT2D eigenvalue weighted by Crippen LogP contribution is -2.29. The molecule has 1 amide bonds.